The van der Waals surface area contributed by atoms with E-state index in [2.05, 4.69) is 10.3 Å². The Balaban J connectivity index is 2.59. The summed E-state index contributed by atoms with van der Waals surface area (Å²) in [6.45, 7) is 0.434. The minimum Gasteiger partial charge on any atom is -0.367 e. The van der Waals surface area contributed by atoms with Crippen molar-refractivity contribution < 1.29 is 9.90 Å². The lowest BCUT2D eigenvalue weighted by atomic mass is 10.1. The maximum Gasteiger partial charge on any atom is 0.201 e. The molecule has 0 radical (unpaired) electrons. The maximum atomic E-state index is 10.8. The van der Waals surface area contributed by atoms with Gasteiger partial charge in [-0.25, -0.2) is 0 Å². The van der Waals surface area contributed by atoms with Crippen LogP contribution in [0, 0.1) is 0 Å². The van der Waals surface area contributed by atoms with Gasteiger partial charge in [0.05, 0.1) is 15.7 Å². The summed E-state index contributed by atoms with van der Waals surface area (Å²) in [7, 11) is 1.56. The van der Waals surface area contributed by atoms with E-state index in [0.717, 1.165) is 5.56 Å². The highest BCUT2D eigenvalue weighted by molar-refractivity contribution is 6.42. The second-order valence-corrected chi connectivity index (χ2v) is 4.46. The lowest BCUT2D eigenvalue weighted by Gasteiger charge is -2.34. The summed E-state index contributed by atoms with van der Waals surface area (Å²) in [5.41, 5.74) is 1.33. The van der Waals surface area contributed by atoms with Crippen molar-refractivity contribution in [2.24, 2.45) is 4.99 Å². The molecule has 0 spiro atoms. The fraction of sp³-hybridized carbons (Fsp3) is 0.273. The predicted molar refractivity (Wildman–Crippen MR) is 71.2 cm³/mol. The number of carbonyl (C=O) groups is 1. The van der Waals surface area contributed by atoms with Gasteiger partial charge in [-0.3, -0.25) is 14.7 Å². The molecule has 7 heteroatoms. The van der Waals surface area contributed by atoms with E-state index in [4.69, 9.17) is 23.2 Å². The van der Waals surface area contributed by atoms with Crippen molar-refractivity contribution in [1.82, 2.24) is 5.32 Å². The summed E-state index contributed by atoms with van der Waals surface area (Å²) in [6.07, 6.45) is -0.905. The van der Waals surface area contributed by atoms with Crippen molar-refractivity contribution in [3.05, 3.63) is 27.7 Å². The van der Waals surface area contributed by atoms with Crippen molar-refractivity contribution in [3.8, 4) is 0 Å². The normalized spacial score (nSPS) is 18.2. The molecule has 0 aliphatic carbocycles. The third-order valence-corrected chi connectivity index (χ3v) is 3.52. The molecule has 0 amide bonds. The summed E-state index contributed by atoms with van der Waals surface area (Å²) in [5.74, 6) is 0.403. The van der Waals surface area contributed by atoms with Gasteiger partial charge in [0.15, 0.2) is 12.5 Å². The largest absolute Gasteiger partial charge is 0.367 e. The molecule has 5 nitrogen and oxygen atoms in total. The number of fused-ring (bicyclic) bond motifs is 1. The fourth-order valence-corrected chi connectivity index (χ4v) is 2.26. The van der Waals surface area contributed by atoms with Crippen molar-refractivity contribution in [2.75, 3.05) is 11.9 Å². The van der Waals surface area contributed by atoms with Gasteiger partial charge >= 0.3 is 0 Å². The highest BCUT2D eigenvalue weighted by atomic mass is 35.5. The molecule has 0 saturated carbocycles. The minimum atomic E-state index is -1.33. The number of nitrogens with zero attached hydrogens (tertiary/aromatic N) is 2. The number of carbonyl (C=O) groups excluding carboxylic acids is 1. The lowest BCUT2D eigenvalue weighted by Crippen LogP contribution is -2.51. The van der Waals surface area contributed by atoms with Crippen LogP contribution in [0.25, 0.3) is 0 Å². The first-order valence-electron chi connectivity index (χ1n) is 5.20. The van der Waals surface area contributed by atoms with Crippen molar-refractivity contribution in [2.45, 2.75) is 12.8 Å². The Labute approximate surface area is 114 Å². The zero-order valence-corrected chi connectivity index (χ0v) is 11.0. The van der Waals surface area contributed by atoms with E-state index in [1.165, 1.54) is 4.90 Å². The predicted octanol–water partition coefficient (Wildman–Crippen LogP) is 1.41. The Bertz CT molecular complexity index is 519. The Hall–Kier alpha value is -1.30. The van der Waals surface area contributed by atoms with Crippen LogP contribution in [-0.2, 0) is 11.3 Å². The van der Waals surface area contributed by atoms with Crippen LogP contribution >= 0.6 is 23.2 Å². The van der Waals surface area contributed by atoms with E-state index < -0.39 is 6.23 Å². The van der Waals surface area contributed by atoms with Crippen LogP contribution < -0.4 is 10.2 Å². The Morgan fingerprint density at radius 3 is 2.89 bits per heavy atom. The van der Waals surface area contributed by atoms with Crippen molar-refractivity contribution in [1.29, 1.82) is 0 Å². The van der Waals surface area contributed by atoms with Crippen LogP contribution in [-0.4, -0.2) is 30.6 Å². The first-order valence-corrected chi connectivity index (χ1v) is 5.96. The molecular weight excluding hydrogens is 277 g/mol. The number of aliphatic hydroxyl groups excluding tert-OH is 1. The van der Waals surface area contributed by atoms with Gasteiger partial charge in [-0.05, 0) is 12.1 Å². The number of hydrogen-bond donors (Lipinski definition) is 2. The summed E-state index contributed by atoms with van der Waals surface area (Å²) in [4.78, 5) is 16.1. The SMILES string of the molecule is C/N=C1/NCc2c(ccc(Cl)c2Cl)N1C(O)C=O. The molecule has 1 heterocycles. The molecule has 2 rings (SSSR count). The number of nitrogens with one attached hydrogen (secondary N) is 1. The molecule has 18 heavy (non-hydrogen) atoms. The Morgan fingerprint density at radius 1 is 1.56 bits per heavy atom. The number of aliphatic imine (C=N–C) groups is 1. The highest BCUT2D eigenvalue weighted by Crippen LogP contribution is 2.35. The lowest BCUT2D eigenvalue weighted by molar-refractivity contribution is -0.114. The van der Waals surface area contributed by atoms with E-state index >= 15 is 0 Å². The second kappa shape index (κ2) is 5.14. The highest BCUT2D eigenvalue weighted by Gasteiger charge is 2.29. The van der Waals surface area contributed by atoms with Crippen LogP contribution in [0.5, 0.6) is 0 Å². The van der Waals surface area contributed by atoms with Gasteiger partial charge in [0.25, 0.3) is 0 Å². The number of anilines is 1. The summed E-state index contributed by atoms with van der Waals surface area (Å²) >= 11 is 12.0. The molecule has 1 aromatic rings. The zero-order chi connectivity index (χ0) is 13.3. The van der Waals surface area contributed by atoms with Gasteiger partial charge in [0.1, 0.15) is 0 Å². The molecule has 1 aliphatic rings. The van der Waals surface area contributed by atoms with Gasteiger partial charge in [-0.2, -0.15) is 0 Å². The van der Waals surface area contributed by atoms with E-state index in [-0.39, 0.29) is 0 Å². The van der Waals surface area contributed by atoms with Gasteiger partial charge in [-0.15, -0.1) is 0 Å². The van der Waals surface area contributed by atoms with Gasteiger partial charge < -0.3 is 10.4 Å². The third kappa shape index (κ3) is 2.05. The standard InChI is InChI=1S/C11H11Cl2N3O2/c1-14-11-15-4-6-8(16(11)9(18)5-17)3-2-7(12)10(6)13/h2-3,5,9,18H,4H2,1H3,(H,14,15). The molecule has 0 aromatic heterocycles. The average Bonchev–Trinajstić information content (AvgIpc) is 2.40. The monoisotopic (exact) mass is 287 g/mol. The number of benzene rings is 1. The quantitative estimate of drug-likeness (QED) is 0.808. The molecule has 1 atom stereocenters. The Morgan fingerprint density at radius 2 is 2.28 bits per heavy atom. The fourth-order valence-electron chi connectivity index (χ4n) is 1.86. The van der Waals surface area contributed by atoms with Gasteiger partial charge in [-0.1, -0.05) is 23.2 Å². The molecule has 0 fully saturated rings. The van der Waals surface area contributed by atoms with E-state index in [1.807, 2.05) is 0 Å². The molecule has 0 saturated heterocycles. The number of aldehydes is 1. The smallest absolute Gasteiger partial charge is 0.201 e. The van der Waals surface area contributed by atoms with Crippen LogP contribution in [0.15, 0.2) is 17.1 Å². The number of rotatable bonds is 2. The third-order valence-electron chi connectivity index (χ3n) is 2.68. The molecule has 96 valence electrons. The van der Waals surface area contributed by atoms with Crippen LogP contribution in [0.3, 0.4) is 0 Å². The summed E-state index contributed by atoms with van der Waals surface area (Å²) in [5, 5.41) is 13.6. The molecule has 2 N–H and O–H groups in total. The zero-order valence-electron chi connectivity index (χ0n) is 9.52. The molecule has 0 bridgehead atoms. The summed E-state index contributed by atoms with van der Waals surface area (Å²) < 4.78 is 0. The van der Waals surface area contributed by atoms with E-state index in [9.17, 15) is 9.90 Å². The average molecular weight is 288 g/mol. The maximum absolute atomic E-state index is 10.8. The number of guanidine groups is 1. The van der Waals surface area contributed by atoms with Crippen LogP contribution in [0.4, 0.5) is 5.69 Å². The van der Waals surface area contributed by atoms with Gasteiger partial charge in [0, 0.05) is 19.2 Å². The van der Waals surface area contributed by atoms with Gasteiger partial charge in [0.2, 0.25) is 5.96 Å². The number of hydrogen-bond acceptors (Lipinski definition) is 3. The topological polar surface area (TPSA) is 64.9 Å². The number of halogens is 2. The summed E-state index contributed by atoms with van der Waals surface area (Å²) in [6, 6.07) is 3.31. The van der Waals surface area contributed by atoms with Crippen LogP contribution in [0.2, 0.25) is 10.0 Å². The first-order chi connectivity index (χ1) is 8.60. The molecular formula is C11H11Cl2N3O2. The second-order valence-electron chi connectivity index (χ2n) is 3.68. The molecule has 1 unspecified atom stereocenters. The van der Waals surface area contributed by atoms with E-state index in [0.29, 0.717) is 34.5 Å². The Kier molecular flexibility index (Phi) is 3.75. The first kappa shape index (κ1) is 13.1. The van der Waals surface area contributed by atoms with E-state index in [1.54, 1.807) is 19.2 Å². The van der Waals surface area contributed by atoms with Crippen LogP contribution in [0.1, 0.15) is 5.56 Å². The molecule has 1 aromatic carbocycles. The van der Waals surface area contributed by atoms with Crippen molar-refractivity contribution in [3.63, 3.8) is 0 Å². The number of aliphatic hydroxyl groups is 1. The minimum absolute atomic E-state index is 0.403. The molecule has 1 aliphatic heterocycles. The van der Waals surface area contributed by atoms with Crippen molar-refractivity contribution >= 4 is 41.1 Å².